The first-order chi connectivity index (χ1) is 11.7. The lowest BCUT2D eigenvalue weighted by Gasteiger charge is -2.20. The van der Waals surface area contributed by atoms with E-state index in [1.807, 2.05) is 23.1 Å². The highest BCUT2D eigenvalue weighted by Gasteiger charge is 2.16. The molecule has 0 spiro atoms. The standard InChI is InChI=1S/C19H24N2O2S/c1-14-11-15-7-8-16(23-2)12-17(15)20-19(14)24-13-18(22)21-9-5-3-4-6-10-21/h7-8,11-12H,3-6,9-10,13H2,1-2H3. The van der Waals surface area contributed by atoms with Crippen LogP contribution in [-0.4, -0.2) is 41.7 Å². The number of benzene rings is 1. The molecule has 4 nitrogen and oxygen atoms in total. The molecule has 2 aromatic rings. The molecular formula is C19H24N2O2S. The first-order valence-electron chi connectivity index (χ1n) is 8.53. The van der Waals surface area contributed by atoms with Crippen LogP contribution in [0.4, 0.5) is 0 Å². The maximum atomic E-state index is 12.5. The average Bonchev–Trinajstić information content (AvgIpc) is 2.88. The van der Waals surface area contributed by atoms with Crippen LogP contribution in [-0.2, 0) is 4.79 Å². The van der Waals surface area contributed by atoms with Gasteiger partial charge in [-0.15, -0.1) is 0 Å². The van der Waals surface area contributed by atoms with Crippen molar-refractivity contribution < 1.29 is 9.53 Å². The Morgan fingerprint density at radius 2 is 1.96 bits per heavy atom. The molecule has 1 amide bonds. The van der Waals surface area contributed by atoms with E-state index in [2.05, 4.69) is 13.0 Å². The molecule has 1 aliphatic rings. The summed E-state index contributed by atoms with van der Waals surface area (Å²) in [6, 6.07) is 8.03. The van der Waals surface area contributed by atoms with Gasteiger partial charge in [0, 0.05) is 24.5 Å². The number of rotatable bonds is 4. The van der Waals surface area contributed by atoms with Gasteiger partial charge in [0.25, 0.3) is 0 Å². The quantitative estimate of drug-likeness (QED) is 0.785. The van der Waals surface area contributed by atoms with Crippen molar-refractivity contribution >= 4 is 28.6 Å². The first-order valence-corrected chi connectivity index (χ1v) is 9.52. The summed E-state index contributed by atoms with van der Waals surface area (Å²) >= 11 is 1.54. The van der Waals surface area contributed by atoms with Crippen molar-refractivity contribution in [2.75, 3.05) is 26.0 Å². The fourth-order valence-corrected chi connectivity index (χ4v) is 3.94. The van der Waals surface area contributed by atoms with E-state index in [0.29, 0.717) is 5.75 Å². The van der Waals surface area contributed by atoms with Crippen LogP contribution in [0, 0.1) is 6.92 Å². The molecular weight excluding hydrogens is 320 g/mol. The fourth-order valence-electron chi connectivity index (χ4n) is 3.05. The van der Waals surface area contributed by atoms with E-state index in [1.54, 1.807) is 18.9 Å². The number of aromatic nitrogens is 1. The van der Waals surface area contributed by atoms with E-state index in [1.165, 1.54) is 12.8 Å². The molecule has 1 aliphatic heterocycles. The molecule has 0 saturated carbocycles. The van der Waals surface area contributed by atoms with Crippen LogP contribution in [0.25, 0.3) is 10.9 Å². The maximum absolute atomic E-state index is 12.5. The number of nitrogens with zero attached hydrogens (tertiary/aromatic N) is 2. The number of hydrogen-bond acceptors (Lipinski definition) is 4. The van der Waals surface area contributed by atoms with E-state index < -0.39 is 0 Å². The Morgan fingerprint density at radius 1 is 1.21 bits per heavy atom. The Balaban J connectivity index is 1.71. The maximum Gasteiger partial charge on any atom is 0.232 e. The van der Waals surface area contributed by atoms with Gasteiger partial charge in [0.05, 0.1) is 18.4 Å². The summed E-state index contributed by atoms with van der Waals surface area (Å²) in [4.78, 5) is 19.2. The molecule has 24 heavy (non-hydrogen) atoms. The molecule has 0 radical (unpaired) electrons. The number of carbonyl (C=O) groups excluding carboxylic acids is 1. The second kappa shape index (κ2) is 7.88. The second-order valence-corrected chi connectivity index (χ2v) is 7.22. The van der Waals surface area contributed by atoms with Gasteiger partial charge in [-0.1, -0.05) is 24.6 Å². The van der Waals surface area contributed by atoms with Gasteiger partial charge in [0.2, 0.25) is 5.91 Å². The van der Waals surface area contributed by atoms with E-state index in [4.69, 9.17) is 9.72 Å². The number of hydrogen-bond donors (Lipinski definition) is 0. The zero-order valence-electron chi connectivity index (χ0n) is 14.4. The van der Waals surface area contributed by atoms with Crippen molar-refractivity contribution in [2.45, 2.75) is 37.6 Å². The molecule has 2 heterocycles. The molecule has 1 fully saturated rings. The molecule has 1 saturated heterocycles. The average molecular weight is 344 g/mol. The van der Waals surface area contributed by atoms with Crippen molar-refractivity contribution in [2.24, 2.45) is 0 Å². The summed E-state index contributed by atoms with van der Waals surface area (Å²) in [5.41, 5.74) is 2.02. The smallest absolute Gasteiger partial charge is 0.232 e. The fraction of sp³-hybridized carbons (Fsp3) is 0.474. The number of aryl methyl sites for hydroxylation is 1. The van der Waals surface area contributed by atoms with Gasteiger partial charge in [0.1, 0.15) is 10.8 Å². The monoisotopic (exact) mass is 344 g/mol. The van der Waals surface area contributed by atoms with Gasteiger partial charge >= 0.3 is 0 Å². The zero-order valence-corrected chi connectivity index (χ0v) is 15.2. The van der Waals surface area contributed by atoms with Crippen molar-refractivity contribution in [1.82, 2.24) is 9.88 Å². The normalized spacial score (nSPS) is 15.3. The van der Waals surface area contributed by atoms with E-state index in [-0.39, 0.29) is 5.91 Å². The van der Waals surface area contributed by atoms with Crippen LogP contribution in [0.5, 0.6) is 5.75 Å². The van der Waals surface area contributed by atoms with Crippen LogP contribution < -0.4 is 4.74 Å². The third-order valence-corrected chi connectivity index (χ3v) is 5.54. The second-order valence-electron chi connectivity index (χ2n) is 6.25. The van der Waals surface area contributed by atoms with Crippen LogP contribution in [0.1, 0.15) is 31.2 Å². The summed E-state index contributed by atoms with van der Waals surface area (Å²) in [6.45, 7) is 3.86. The number of methoxy groups -OCH3 is 1. The third-order valence-electron chi connectivity index (χ3n) is 4.46. The predicted octanol–water partition coefficient (Wildman–Crippen LogP) is 4.05. The van der Waals surface area contributed by atoms with Gasteiger partial charge in [-0.2, -0.15) is 0 Å². The van der Waals surface area contributed by atoms with Crippen molar-refractivity contribution in [3.8, 4) is 5.75 Å². The van der Waals surface area contributed by atoms with Crippen molar-refractivity contribution in [3.05, 3.63) is 29.8 Å². The highest BCUT2D eigenvalue weighted by Crippen LogP contribution is 2.27. The SMILES string of the molecule is COc1ccc2cc(C)c(SCC(=O)N3CCCCCC3)nc2c1. The third kappa shape index (κ3) is 4.01. The number of likely N-dealkylation sites (tertiary alicyclic amines) is 1. The number of ether oxygens (including phenoxy) is 1. The molecule has 5 heteroatoms. The van der Waals surface area contributed by atoms with Crippen LogP contribution >= 0.6 is 11.8 Å². The number of amides is 1. The molecule has 3 rings (SSSR count). The number of thioether (sulfide) groups is 1. The van der Waals surface area contributed by atoms with E-state index in [9.17, 15) is 4.79 Å². The lowest BCUT2D eigenvalue weighted by atomic mass is 10.2. The molecule has 0 atom stereocenters. The summed E-state index contributed by atoms with van der Waals surface area (Å²) in [5, 5.41) is 2.02. The van der Waals surface area contributed by atoms with Crippen LogP contribution in [0.3, 0.4) is 0 Å². The summed E-state index contributed by atoms with van der Waals surface area (Å²) in [7, 11) is 1.66. The van der Waals surface area contributed by atoms with Crippen LogP contribution in [0.2, 0.25) is 0 Å². The van der Waals surface area contributed by atoms with Crippen LogP contribution in [0.15, 0.2) is 29.3 Å². The lowest BCUT2D eigenvalue weighted by molar-refractivity contribution is -0.128. The van der Waals surface area contributed by atoms with Gasteiger partial charge < -0.3 is 9.64 Å². The summed E-state index contributed by atoms with van der Waals surface area (Å²) in [5.74, 6) is 1.49. The molecule has 0 bridgehead atoms. The molecule has 0 unspecified atom stereocenters. The Labute approximate surface area is 147 Å². The number of fused-ring (bicyclic) bond motifs is 1. The summed E-state index contributed by atoms with van der Waals surface area (Å²) < 4.78 is 5.27. The molecule has 0 aliphatic carbocycles. The van der Waals surface area contributed by atoms with Gasteiger partial charge in [-0.25, -0.2) is 4.98 Å². The molecule has 0 N–H and O–H groups in total. The van der Waals surface area contributed by atoms with E-state index in [0.717, 1.165) is 53.2 Å². The van der Waals surface area contributed by atoms with E-state index >= 15 is 0 Å². The van der Waals surface area contributed by atoms with Gasteiger partial charge in [0.15, 0.2) is 0 Å². The largest absolute Gasteiger partial charge is 0.497 e. The Hall–Kier alpha value is -1.75. The van der Waals surface area contributed by atoms with Gasteiger partial charge in [-0.05, 0) is 43.5 Å². The lowest BCUT2D eigenvalue weighted by Crippen LogP contribution is -2.33. The van der Waals surface area contributed by atoms with Gasteiger partial charge in [-0.3, -0.25) is 4.79 Å². The Morgan fingerprint density at radius 3 is 2.67 bits per heavy atom. The van der Waals surface area contributed by atoms with Crippen molar-refractivity contribution in [1.29, 1.82) is 0 Å². The highest BCUT2D eigenvalue weighted by atomic mass is 32.2. The predicted molar refractivity (Wildman–Crippen MR) is 98.8 cm³/mol. The Bertz CT molecular complexity index is 725. The minimum Gasteiger partial charge on any atom is -0.497 e. The zero-order chi connectivity index (χ0) is 16.9. The molecule has 1 aromatic heterocycles. The number of pyridine rings is 1. The molecule has 1 aromatic carbocycles. The molecule has 128 valence electrons. The number of carbonyl (C=O) groups is 1. The minimum absolute atomic E-state index is 0.230. The van der Waals surface area contributed by atoms with Crippen molar-refractivity contribution in [3.63, 3.8) is 0 Å². The Kier molecular flexibility index (Phi) is 5.61. The minimum atomic E-state index is 0.230. The highest BCUT2D eigenvalue weighted by molar-refractivity contribution is 7.99. The first kappa shape index (κ1) is 17.1. The summed E-state index contributed by atoms with van der Waals surface area (Å²) in [6.07, 6.45) is 4.74. The topological polar surface area (TPSA) is 42.4 Å².